The van der Waals surface area contributed by atoms with Gasteiger partial charge in [0.15, 0.2) is 10.8 Å². The summed E-state index contributed by atoms with van der Waals surface area (Å²) in [5, 5.41) is 4.13. The number of thiophene rings is 1. The van der Waals surface area contributed by atoms with Crippen LogP contribution in [0.4, 0.5) is 5.82 Å². The number of hydrogen-bond acceptors (Lipinski definition) is 5. The summed E-state index contributed by atoms with van der Waals surface area (Å²) in [6.45, 7) is 1.33. The third kappa shape index (κ3) is 2.43. The van der Waals surface area contributed by atoms with E-state index in [9.17, 15) is 0 Å². The molecule has 3 rings (SSSR count). The highest BCUT2D eigenvalue weighted by molar-refractivity contribution is 9.10. The highest BCUT2D eigenvalue weighted by atomic mass is 79.9. The molecule has 0 spiro atoms. The molecule has 3 heterocycles. The Labute approximate surface area is 127 Å². The van der Waals surface area contributed by atoms with Gasteiger partial charge in [-0.2, -0.15) is 0 Å². The molecule has 2 N–H and O–H groups in total. The van der Waals surface area contributed by atoms with E-state index in [1.165, 1.54) is 4.88 Å². The van der Waals surface area contributed by atoms with Gasteiger partial charge in [-0.05, 0) is 22.0 Å². The van der Waals surface area contributed by atoms with Gasteiger partial charge in [0, 0.05) is 39.9 Å². The van der Waals surface area contributed by atoms with Crippen LogP contribution in [-0.2, 0) is 13.1 Å². The summed E-state index contributed by atoms with van der Waals surface area (Å²) in [6, 6.07) is 2.14. The van der Waals surface area contributed by atoms with E-state index in [2.05, 4.69) is 48.7 Å². The van der Waals surface area contributed by atoms with Crippen LogP contribution < -0.4 is 10.6 Å². The Bertz CT molecular complexity index is 700. The van der Waals surface area contributed by atoms with Crippen molar-refractivity contribution in [3.63, 3.8) is 0 Å². The van der Waals surface area contributed by atoms with Gasteiger partial charge in [0.1, 0.15) is 0 Å². The van der Waals surface area contributed by atoms with Crippen molar-refractivity contribution in [3.05, 3.63) is 38.1 Å². The molecule has 0 fully saturated rings. The Balaban J connectivity index is 1.92. The third-order valence-electron chi connectivity index (χ3n) is 2.91. The standard InChI is InChI=1S/C12H13BrN4S2/c1-16(6-9-4-8(13)7-19-9)11-10(5-14)17-2-3-18-12(17)15-11/h2-4,7H,5-6,14H2,1H3. The van der Waals surface area contributed by atoms with Crippen molar-refractivity contribution in [3.8, 4) is 0 Å². The van der Waals surface area contributed by atoms with Crippen LogP contribution in [0.3, 0.4) is 0 Å². The fourth-order valence-corrected chi connectivity index (χ4v) is 4.29. The normalized spacial score (nSPS) is 11.3. The van der Waals surface area contributed by atoms with Gasteiger partial charge in [-0.25, -0.2) is 4.98 Å². The Morgan fingerprint density at radius 1 is 1.47 bits per heavy atom. The number of anilines is 1. The molecule has 0 saturated heterocycles. The maximum absolute atomic E-state index is 5.87. The lowest BCUT2D eigenvalue weighted by Crippen LogP contribution is -2.18. The average Bonchev–Trinajstić information content (AvgIpc) is 3.03. The first-order valence-corrected chi connectivity index (χ1v) is 8.33. The van der Waals surface area contributed by atoms with Gasteiger partial charge in [-0.15, -0.1) is 22.7 Å². The molecule has 0 aromatic carbocycles. The Kier molecular flexibility index (Phi) is 3.62. The van der Waals surface area contributed by atoms with E-state index in [1.807, 2.05) is 11.6 Å². The molecule has 100 valence electrons. The number of imidazole rings is 1. The summed E-state index contributed by atoms with van der Waals surface area (Å²) in [7, 11) is 2.05. The van der Waals surface area contributed by atoms with Crippen LogP contribution in [0.5, 0.6) is 0 Å². The SMILES string of the molecule is CN(Cc1cc(Br)cs1)c1nc2sccn2c1CN. The molecule has 19 heavy (non-hydrogen) atoms. The minimum Gasteiger partial charge on any atom is -0.353 e. The highest BCUT2D eigenvalue weighted by Gasteiger charge is 2.16. The molecule has 3 aromatic heterocycles. The van der Waals surface area contributed by atoms with Gasteiger partial charge in [0.2, 0.25) is 0 Å². The molecular weight excluding hydrogens is 344 g/mol. The average molecular weight is 357 g/mol. The minimum absolute atomic E-state index is 0.492. The first-order valence-electron chi connectivity index (χ1n) is 5.77. The molecule has 3 aromatic rings. The summed E-state index contributed by atoms with van der Waals surface area (Å²) in [5.74, 6) is 0.971. The number of halogens is 1. The summed E-state index contributed by atoms with van der Waals surface area (Å²) in [5.41, 5.74) is 6.93. The Morgan fingerprint density at radius 3 is 3.00 bits per heavy atom. The van der Waals surface area contributed by atoms with Crippen molar-refractivity contribution >= 4 is 49.4 Å². The zero-order valence-corrected chi connectivity index (χ0v) is 13.6. The molecule has 0 bridgehead atoms. The summed E-state index contributed by atoms with van der Waals surface area (Å²) < 4.78 is 3.20. The first kappa shape index (κ1) is 13.1. The molecule has 0 amide bonds. The number of nitrogens with zero attached hydrogens (tertiary/aromatic N) is 3. The molecule has 0 aliphatic rings. The van der Waals surface area contributed by atoms with Crippen LogP contribution in [0.25, 0.3) is 4.96 Å². The zero-order chi connectivity index (χ0) is 13.4. The van der Waals surface area contributed by atoms with Crippen molar-refractivity contribution in [1.82, 2.24) is 9.38 Å². The largest absolute Gasteiger partial charge is 0.353 e. The Hall–Kier alpha value is -0.890. The lowest BCUT2D eigenvalue weighted by Gasteiger charge is -2.17. The van der Waals surface area contributed by atoms with Crippen molar-refractivity contribution in [2.75, 3.05) is 11.9 Å². The van der Waals surface area contributed by atoms with Gasteiger partial charge in [-0.1, -0.05) is 0 Å². The quantitative estimate of drug-likeness (QED) is 0.779. The second-order valence-electron chi connectivity index (χ2n) is 4.23. The maximum atomic E-state index is 5.87. The van der Waals surface area contributed by atoms with Crippen molar-refractivity contribution in [2.24, 2.45) is 5.73 Å². The number of thiazole rings is 1. The van der Waals surface area contributed by atoms with Gasteiger partial charge in [0.25, 0.3) is 0 Å². The second kappa shape index (κ2) is 5.24. The van der Waals surface area contributed by atoms with Crippen LogP contribution in [0.1, 0.15) is 10.6 Å². The van der Waals surface area contributed by atoms with E-state index in [1.54, 1.807) is 22.7 Å². The number of nitrogens with two attached hydrogens (primary N) is 1. The number of fused-ring (bicyclic) bond motifs is 1. The zero-order valence-electron chi connectivity index (χ0n) is 10.3. The maximum Gasteiger partial charge on any atom is 0.195 e. The van der Waals surface area contributed by atoms with Crippen LogP contribution in [0.15, 0.2) is 27.5 Å². The molecule has 0 aliphatic carbocycles. The Morgan fingerprint density at radius 2 is 2.32 bits per heavy atom. The van der Waals surface area contributed by atoms with E-state index in [4.69, 9.17) is 5.73 Å². The summed E-state index contributed by atoms with van der Waals surface area (Å²) in [6.07, 6.45) is 2.02. The smallest absolute Gasteiger partial charge is 0.195 e. The molecule has 0 unspecified atom stereocenters. The van der Waals surface area contributed by atoms with Crippen LogP contribution >= 0.6 is 38.6 Å². The lowest BCUT2D eigenvalue weighted by atomic mass is 10.3. The predicted molar refractivity (Wildman–Crippen MR) is 85.1 cm³/mol. The van der Waals surface area contributed by atoms with E-state index in [-0.39, 0.29) is 0 Å². The monoisotopic (exact) mass is 356 g/mol. The number of aromatic nitrogens is 2. The number of rotatable bonds is 4. The molecule has 7 heteroatoms. The third-order valence-corrected chi connectivity index (χ3v) is 5.35. The van der Waals surface area contributed by atoms with E-state index < -0.39 is 0 Å². The highest BCUT2D eigenvalue weighted by Crippen LogP contribution is 2.27. The van der Waals surface area contributed by atoms with Gasteiger partial charge in [0.05, 0.1) is 12.2 Å². The fraction of sp³-hybridized carbons (Fsp3) is 0.250. The van der Waals surface area contributed by atoms with Gasteiger partial charge >= 0.3 is 0 Å². The lowest BCUT2D eigenvalue weighted by molar-refractivity contribution is 0.883. The molecule has 0 atom stereocenters. The fourth-order valence-electron chi connectivity index (χ4n) is 2.06. The summed E-state index contributed by atoms with van der Waals surface area (Å²) in [4.78, 5) is 9.11. The molecular formula is C12H13BrN4S2. The van der Waals surface area contributed by atoms with E-state index >= 15 is 0 Å². The summed E-state index contributed by atoms with van der Waals surface area (Å²) >= 11 is 6.86. The minimum atomic E-state index is 0.492. The van der Waals surface area contributed by atoms with Gasteiger partial charge < -0.3 is 10.6 Å². The van der Waals surface area contributed by atoms with Crippen LogP contribution in [0, 0.1) is 0 Å². The predicted octanol–water partition coefficient (Wildman–Crippen LogP) is 3.31. The van der Waals surface area contributed by atoms with Crippen LogP contribution in [-0.4, -0.2) is 16.4 Å². The topological polar surface area (TPSA) is 46.6 Å². The molecule has 0 saturated carbocycles. The van der Waals surface area contributed by atoms with Crippen molar-refractivity contribution in [1.29, 1.82) is 0 Å². The number of hydrogen-bond donors (Lipinski definition) is 1. The van der Waals surface area contributed by atoms with Gasteiger partial charge in [-0.3, -0.25) is 4.40 Å². The van der Waals surface area contributed by atoms with E-state index in [0.29, 0.717) is 6.54 Å². The first-order chi connectivity index (χ1) is 9.19. The molecule has 0 aliphatic heterocycles. The molecule has 4 nitrogen and oxygen atoms in total. The second-order valence-corrected chi connectivity index (χ2v) is 7.01. The van der Waals surface area contributed by atoms with E-state index in [0.717, 1.165) is 27.5 Å². The van der Waals surface area contributed by atoms with Crippen molar-refractivity contribution < 1.29 is 0 Å². The molecule has 0 radical (unpaired) electrons. The van der Waals surface area contributed by atoms with Crippen LogP contribution in [0.2, 0.25) is 0 Å². The van der Waals surface area contributed by atoms with Crippen molar-refractivity contribution in [2.45, 2.75) is 13.1 Å².